The van der Waals surface area contributed by atoms with Crippen molar-refractivity contribution in [2.24, 2.45) is 11.8 Å². The maximum absolute atomic E-state index is 12.8. The molecule has 4 heteroatoms. The summed E-state index contributed by atoms with van der Waals surface area (Å²) in [4.78, 5) is 10.6. The van der Waals surface area contributed by atoms with Gasteiger partial charge >= 0.3 is 5.97 Å². The van der Waals surface area contributed by atoms with E-state index in [2.05, 4.69) is 0 Å². The molecule has 0 aromatic carbocycles. The molecule has 1 atom stereocenters. The van der Waals surface area contributed by atoms with Gasteiger partial charge in [0.1, 0.15) is 0 Å². The number of halogens is 2. The van der Waals surface area contributed by atoms with Crippen molar-refractivity contribution in [2.75, 3.05) is 0 Å². The van der Waals surface area contributed by atoms with Crippen molar-refractivity contribution in [1.29, 1.82) is 0 Å². The van der Waals surface area contributed by atoms with Crippen LogP contribution < -0.4 is 0 Å². The quantitative estimate of drug-likeness (QED) is 0.770. The molecule has 1 rings (SSSR count). The van der Waals surface area contributed by atoms with Gasteiger partial charge in [0.15, 0.2) is 0 Å². The molecule has 0 radical (unpaired) electrons. The van der Waals surface area contributed by atoms with Crippen LogP contribution in [0.5, 0.6) is 0 Å². The van der Waals surface area contributed by atoms with Crippen LogP contribution in [0, 0.1) is 11.8 Å². The Morgan fingerprint density at radius 1 is 1.50 bits per heavy atom. The largest absolute Gasteiger partial charge is 0.481 e. The third kappa shape index (κ3) is 3.24. The van der Waals surface area contributed by atoms with Gasteiger partial charge in [0.25, 0.3) is 0 Å². The third-order valence-corrected chi connectivity index (χ3v) is 2.95. The fraction of sp³-hybridized carbons (Fsp3) is 0.900. The minimum Gasteiger partial charge on any atom is -0.481 e. The highest BCUT2D eigenvalue weighted by atomic mass is 19.3. The zero-order valence-corrected chi connectivity index (χ0v) is 8.30. The first-order valence-electron chi connectivity index (χ1n) is 5.01. The van der Waals surface area contributed by atoms with E-state index in [0.717, 1.165) is 0 Å². The number of rotatable bonds is 3. The van der Waals surface area contributed by atoms with Crippen molar-refractivity contribution >= 4 is 5.97 Å². The minimum atomic E-state index is -2.51. The Morgan fingerprint density at radius 2 is 2.00 bits per heavy atom. The molecule has 1 N–H and O–H groups in total. The van der Waals surface area contributed by atoms with E-state index in [-0.39, 0.29) is 18.8 Å². The van der Waals surface area contributed by atoms with Gasteiger partial charge in [0.2, 0.25) is 5.92 Å². The van der Waals surface area contributed by atoms with E-state index in [4.69, 9.17) is 5.11 Å². The molecule has 0 aliphatic heterocycles. The number of carbonyl (C=O) groups is 1. The van der Waals surface area contributed by atoms with E-state index in [1.165, 1.54) is 0 Å². The number of carboxylic acids is 1. The lowest BCUT2D eigenvalue weighted by Crippen LogP contribution is -2.26. The molecule has 1 unspecified atom stereocenters. The monoisotopic (exact) mass is 206 g/mol. The normalized spacial score (nSPS) is 24.5. The summed E-state index contributed by atoms with van der Waals surface area (Å²) < 4.78 is 25.5. The molecular formula is C10H16F2O2. The Bertz CT molecular complexity index is 206. The first-order valence-corrected chi connectivity index (χ1v) is 5.01. The van der Waals surface area contributed by atoms with Gasteiger partial charge in [0, 0.05) is 12.8 Å². The average Bonchev–Trinajstić information content (AvgIpc) is 2.08. The van der Waals surface area contributed by atoms with Gasteiger partial charge in [-0.1, -0.05) is 6.92 Å². The highest BCUT2D eigenvalue weighted by Gasteiger charge is 2.35. The smallest absolute Gasteiger partial charge is 0.306 e. The van der Waals surface area contributed by atoms with E-state index in [0.29, 0.717) is 19.3 Å². The highest BCUT2D eigenvalue weighted by molar-refractivity contribution is 5.69. The number of alkyl halides is 2. The van der Waals surface area contributed by atoms with E-state index in [1.807, 2.05) is 0 Å². The second-order valence-electron chi connectivity index (χ2n) is 4.27. The lowest BCUT2D eigenvalue weighted by Gasteiger charge is -2.28. The SMILES string of the molecule is CC(CC1CCC(F)(F)CC1)C(=O)O. The number of hydrogen-bond acceptors (Lipinski definition) is 1. The Balaban J connectivity index is 2.32. The number of hydrogen-bond donors (Lipinski definition) is 1. The van der Waals surface area contributed by atoms with Crippen LogP contribution in [0.15, 0.2) is 0 Å². The van der Waals surface area contributed by atoms with Gasteiger partial charge in [-0.05, 0) is 25.2 Å². The number of aliphatic carboxylic acids is 1. The molecule has 0 amide bonds. The third-order valence-electron chi connectivity index (χ3n) is 2.95. The molecule has 0 aromatic heterocycles. The van der Waals surface area contributed by atoms with E-state index >= 15 is 0 Å². The molecule has 0 aromatic rings. The predicted molar refractivity (Wildman–Crippen MR) is 48.3 cm³/mol. The van der Waals surface area contributed by atoms with Crippen LogP contribution >= 0.6 is 0 Å². The summed E-state index contributed by atoms with van der Waals surface area (Å²) in [6.07, 6.45) is 1.30. The lowest BCUT2D eigenvalue weighted by molar-refractivity contribution is -0.142. The highest BCUT2D eigenvalue weighted by Crippen LogP contribution is 2.38. The van der Waals surface area contributed by atoms with E-state index in [9.17, 15) is 13.6 Å². The van der Waals surface area contributed by atoms with Crippen molar-refractivity contribution < 1.29 is 18.7 Å². The summed E-state index contributed by atoms with van der Waals surface area (Å²) in [6.45, 7) is 1.63. The minimum absolute atomic E-state index is 0.0794. The molecule has 14 heavy (non-hydrogen) atoms. The van der Waals surface area contributed by atoms with Crippen molar-refractivity contribution in [3.63, 3.8) is 0 Å². The zero-order chi connectivity index (χ0) is 10.8. The summed E-state index contributed by atoms with van der Waals surface area (Å²) in [6, 6.07) is 0. The average molecular weight is 206 g/mol. The van der Waals surface area contributed by atoms with Crippen molar-refractivity contribution in [3.05, 3.63) is 0 Å². The summed E-state index contributed by atoms with van der Waals surface area (Å²) in [5.41, 5.74) is 0. The summed E-state index contributed by atoms with van der Waals surface area (Å²) in [5, 5.41) is 8.67. The maximum Gasteiger partial charge on any atom is 0.306 e. The van der Waals surface area contributed by atoms with Crippen LogP contribution in [0.25, 0.3) is 0 Å². The molecule has 2 nitrogen and oxygen atoms in total. The molecule has 1 aliphatic carbocycles. The van der Waals surface area contributed by atoms with Crippen molar-refractivity contribution in [3.8, 4) is 0 Å². The van der Waals surface area contributed by atoms with E-state index in [1.54, 1.807) is 6.92 Å². The van der Waals surface area contributed by atoms with Gasteiger partial charge in [-0.3, -0.25) is 4.79 Å². The standard InChI is InChI=1S/C10H16F2O2/c1-7(9(13)14)6-8-2-4-10(11,12)5-3-8/h7-8H,2-6H2,1H3,(H,13,14). The van der Waals surface area contributed by atoms with Crippen molar-refractivity contribution in [2.45, 2.75) is 45.0 Å². The zero-order valence-electron chi connectivity index (χ0n) is 8.30. The second kappa shape index (κ2) is 4.24. The van der Waals surface area contributed by atoms with Gasteiger partial charge < -0.3 is 5.11 Å². The van der Waals surface area contributed by atoms with Crippen LogP contribution in [-0.2, 0) is 4.79 Å². The molecule has 82 valence electrons. The molecule has 0 heterocycles. The molecule has 1 fully saturated rings. The van der Waals surface area contributed by atoms with Gasteiger partial charge in [-0.2, -0.15) is 0 Å². The first kappa shape index (κ1) is 11.4. The summed E-state index contributed by atoms with van der Waals surface area (Å²) >= 11 is 0. The summed E-state index contributed by atoms with van der Waals surface area (Å²) in [5.74, 6) is -3.59. The van der Waals surface area contributed by atoms with Crippen LogP contribution in [0.4, 0.5) is 8.78 Å². The van der Waals surface area contributed by atoms with Gasteiger partial charge in [0.05, 0.1) is 5.92 Å². The number of carboxylic acid groups (broad SMARTS) is 1. The van der Waals surface area contributed by atoms with Crippen LogP contribution in [0.2, 0.25) is 0 Å². The van der Waals surface area contributed by atoms with Gasteiger partial charge in [-0.15, -0.1) is 0 Å². The van der Waals surface area contributed by atoms with Crippen LogP contribution in [0.3, 0.4) is 0 Å². The lowest BCUT2D eigenvalue weighted by atomic mass is 9.81. The van der Waals surface area contributed by atoms with E-state index < -0.39 is 17.8 Å². The molecule has 1 aliphatic rings. The fourth-order valence-electron chi connectivity index (χ4n) is 1.94. The summed E-state index contributed by atoms with van der Waals surface area (Å²) in [7, 11) is 0. The Hall–Kier alpha value is -0.670. The molecule has 1 saturated carbocycles. The fourth-order valence-corrected chi connectivity index (χ4v) is 1.94. The van der Waals surface area contributed by atoms with Crippen LogP contribution in [-0.4, -0.2) is 17.0 Å². The van der Waals surface area contributed by atoms with Gasteiger partial charge in [-0.25, -0.2) is 8.78 Å². The second-order valence-corrected chi connectivity index (χ2v) is 4.27. The first-order chi connectivity index (χ1) is 6.41. The van der Waals surface area contributed by atoms with Crippen LogP contribution in [0.1, 0.15) is 39.0 Å². The molecule has 0 saturated heterocycles. The Kier molecular flexibility index (Phi) is 3.45. The molecular weight excluding hydrogens is 190 g/mol. The predicted octanol–water partition coefficient (Wildman–Crippen LogP) is 2.92. The molecule has 0 spiro atoms. The Morgan fingerprint density at radius 3 is 2.43 bits per heavy atom. The Labute approximate surface area is 82.3 Å². The maximum atomic E-state index is 12.8. The van der Waals surface area contributed by atoms with Crippen molar-refractivity contribution in [1.82, 2.24) is 0 Å². The topological polar surface area (TPSA) is 37.3 Å². The molecule has 0 bridgehead atoms.